The maximum absolute atomic E-state index is 12.1. The van der Waals surface area contributed by atoms with Crippen LogP contribution >= 0.6 is 23.2 Å². The van der Waals surface area contributed by atoms with E-state index in [9.17, 15) is 9.59 Å². The summed E-state index contributed by atoms with van der Waals surface area (Å²) in [5, 5.41) is 3.13. The molecule has 0 fully saturated rings. The van der Waals surface area contributed by atoms with Gasteiger partial charge < -0.3 is 0 Å². The predicted molar refractivity (Wildman–Crippen MR) is 82.9 cm³/mol. The standard InChI is InChI=1S/C16H9Cl2NO2/c17-11-6-10(7-12(18)8-11)14-13(15(20)19-16(14)21)9-4-2-1-3-5-9/h1-8H,(H,19,20,21). The van der Waals surface area contributed by atoms with E-state index in [0.29, 0.717) is 26.7 Å². The Morgan fingerprint density at radius 2 is 1.24 bits per heavy atom. The molecule has 0 radical (unpaired) electrons. The molecule has 1 N–H and O–H groups in total. The van der Waals surface area contributed by atoms with Crippen molar-refractivity contribution >= 4 is 46.2 Å². The Labute approximate surface area is 131 Å². The molecule has 5 heteroatoms. The molecule has 2 aromatic rings. The van der Waals surface area contributed by atoms with Crippen LogP contribution in [0.3, 0.4) is 0 Å². The van der Waals surface area contributed by atoms with E-state index in [2.05, 4.69) is 5.32 Å². The van der Waals surface area contributed by atoms with Gasteiger partial charge in [0.25, 0.3) is 11.8 Å². The normalized spacial score (nSPS) is 14.6. The minimum absolute atomic E-state index is 0.288. The molecule has 1 aliphatic heterocycles. The molecule has 3 nitrogen and oxygen atoms in total. The first kappa shape index (κ1) is 13.9. The third-order valence-corrected chi connectivity index (χ3v) is 3.58. The maximum Gasteiger partial charge on any atom is 0.259 e. The molecule has 1 heterocycles. The largest absolute Gasteiger partial charge is 0.288 e. The number of amides is 2. The highest BCUT2D eigenvalue weighted by Crippen LogP contribution is 2.33. The second-order valence-electron chi connectivity index (χ2n) is 4.56. The Balaban J connectivity index is 2.26. The first-order chi connectivity index (χ1) is 10.1. The van der Waals surface area contributed by atoms with Crippen molar-refractivity contribution in [3.8, 4) is 0 Å². The van der Waals surface area contributed by atoms with Gasteiger partial charge in [-0.1, -0.05) is 53.5 Å². The van der Waals surface area contributed by atoms with Crippen molar-refractivity contribution in [2.45, 2.75) is 0 Å². The van der Waals surface area contributed by atoms with Crippen LogP contribution in [0.1, 0.15) is 11.1 Å². The Morgan fingerprint density at radius 3 is 1.81 bits per heavy atom. The number of imide groups is 1. The Morgan fingerprint density at radius 1 is 0.714 bits per heavy atom. The van der Waals surface area contributed by atoms with E-state index >= 15 is 0 Å². The topological polar surface area (TPSA) is 46.2 Å². The van der Waals surface area contributed by atoms with E-state index in [1.807, 2.05) is 6.07 Å². The van der Waals surface area contributed by atoms with Crippen LogP contribution in [-0.2, 0) is 9.59 Å². The van der Waals surface area contributed by atoms with E-state index in [-0.39, 0.29) is 5.57 Å². The second-order valence-corrected chi connectivity index (χ2v) is 5.43. The van der Waals surface area contributed by atoms with Gasteiger partial charge in [-0.25, -0.2) is 0 Å². The predicted octanol–water partition coefficient (Wildman–Crippen LogP) is 3.56. The number of carbonyl (C=O) groups excluding carboxylic acids is 2. The lowest BCUT2D eigenvalue weighted by atomic mass is 9.96. The molecule has 0 saturated carbocycles. The van der Waals surface area contributed by atoms with Crippen LogP contribution < -0.4 is 5.32 Å². The molecule has 104 valence electrons. The maximum atomic E-state index is 12.1. The van der Waals surface area contributed by atoms with Gasteiger partial charge in [-0.3, -0.25) is 14.9 Å². The lowest BCUT2D eigenvalue weighted by Gasteiger charge is -2.06. The summed E-state index contributed by atoms with van der Waals surface area (Å²) >= 11 is 12.0. The highest BCUT2D eigenvalue weighted by Gasteiger charge is 2.32. The lowest BCUT2D eigenvalue weighted by Crippen LogP contribution is -2.22. The summed E-state index contributed by atoms with van der Waals surface area (Å²) in [6, 6.07) is 13.8. The summed E-state index contributed by atoms with van der Waals surface area (Å²) in [6.07, 6.45) is 0. The Bertz CT molecular complexity index is 762. The van der Waals surface area contributed by atoms with Crippen LogP contribution in [-0.4, -0.2) is 11.8 Å². The van der Waals surface area contributed by atoms with Gasteiger partial charge in [0.1, 0.15) is 0 Å². The number of benzene rings is 2. The molecule has 0 unspecified atom stereocenters. The third-order valence-electron chi connectivity index (χ3n) is 3.14. The van der Waals surface area contributed by atoms with Gasteiger partial charge in [0.2, 0.25) is 0 Å². The molecule has 1 aliphatic rings. The SMILES string of the molecule is O=C1NC(=O)C(c2cc(Cl)cc(Cl)c2)=C1c1ccccc1. The zero-order chi connectivity index (χ0) is 15.0. The molecule has 0 aromatic heterocycles. The van der Waals surface area contributed by atoms with Crippen LogP contribution in [0.4, 0.5) is 0 Å². The molecule has 0 atom stereocenters. The minimum Gasteiger partial charge on any atom is -0.288 e. The molecule has 0 saturated heterocycles. The van der Waals surface area contributed by atoms with Crippen molar-refractivity contribution < 1.29 is 9.59 Å². The van der Waals surface area contributed by atoms with Gasteiger partial charge >= 0.3 is 0 Å². The van der Waals surface area contributed by atoms with Gasteiger partial charge in [0.15, 0.2) is 0 Å². The molecular weight excluding hydrogens is 309 g/mol. The van der Waals surface area contributed by atoms with Crippen molar-refractivity contribution in [1.82, 2.24) is 5.32 Å². The number of carbonyl (C=O) groups is 2. The highest BCUT2D eigenvalue weighted by atomic mass is 35.5. The van der Waals surface area contributed by atoms with E-state index in [1.165, 1.54) is 0 Å². The molecule has 21 heavy (non-hydrogen) atoms. The number of rotatable bonds is 2. The molecule has 3 rings (SSSR count). The zero-order valence-corrected chi connectivity index (χ0v) is 12.2. The fourth-order valence-corrected chi connectivity index (χ4v) is 2.84. The van der Waals surface area contributed by atoms with Crippen molar-refractivity contribution in [2.75, 3.05) is 0 Å². The molecule has 2 aromatic carbocycles. The van der Waals surface area contributed by atoms with Crippen LogP contribution in [0.25, 0.3) is 11.1 Å². The van der Waals surface area contributed by atoms with Gasteiger partial charge in [-0.05, 0) is 29.3 Å². The van der Waals surface area contributed by atoms with E-state index in [0.717, 1.165) is 0 Å². The summed E-state index contributed by atoms with van der Waals surface area (Å²) in [4.78, 5) is 24.2. The zero-order valence-electron chi connectivity index (χ0n) is 10.7. The lowest BCUT2D eigenvalue weighted by molar-refractivity contribution is -0.122. The van der Waals surface area contributed by atoms with Crippen molar-refractivity contribution in [2.24, 2.45) is 0 Å². The van der Waals surface area contributed by atoms with Crippen LogP contribution in [0.15, 0.2) is 48.5 Å². The van der Waals surface area contributed by atoms with E-state index < -0.39 is 11.8 Å². The Hall–Kier alpha value is -2.10. The van der Waals surface area contributed by atoms with Gasteiger partial charge in [0, 0.05) is 10.0 Å². The fraction of sp³-hybridized carbons (Fsp3) is 0. The fourth-order valence-electron chi connectivity index (χ4n) is 2.31. The molecule has 2 amide bonds. The summed E-state index contributed by atoms with van der Waals surface area (Å²) in [5.41, 5.74) is 1.82. The van der Waals surface area contributed by atoms with Gasteiger partial charge in [-0.2, -0.15) is 0 Å². The third kappa shape index (κ3) is 2.58. The number of nitrogens with one attached hydrogen (secondary N) is 1. The number of hydrogen-bond donors (Lipinski definition) is 1. The average molecular weight is 318 g/mol. The number of hydrogen-bond acceptors (Lipinski definition) is 2. The first-order valence-electron chi connectivity index (χ1n) is 6.18. The van der Waals surface area contributed by atoms with E-state index in [1.54, 1.807) is 42.5 Å². The van der Waals surface area contributed by atoms with Gasteiger partial charge in [0.05, 0.1) is 11.1 Å². The summed E-state index contributed by atoms with van der Waals surface area (Å²) in [6.45, 7) is 0. The summed E-state index contributed by atoms with van der Waals surface area (Å²) < 4.78 is 0. The molecule has 0 aliphatic carbocycles. The highest BCUT2D eigenvalue weighted by molar-refractivity contribution is 6.49. The Kier molecular flexibility index (Phi) is 3.53. The quantitative estimate of drug-likeness (QED) is 0.861. The van der Waals surface area contributed by atoms with E-state index in [4.69, 9.17) is 23.2 Å². The smallest absolute Gasteiger partial charge is 0.259 e. The minimum atomic E-state index is -0.447. The molecule has 0 spiro atoms. The summed E-state index contributed by atoms with van der Waals surface area (Å²) in [7, 11) is 0. The monoisotopic (exact) mass is 317 g/mol. The molecular formula is C16H9Cl2NO2. The van der Waals surface area contributed by atoms with Crippen molar-refractivity contribution in [1.29, 1.82) is 0 Å². The van der Waals surface area contributed by atoms with Gasteiger partial charge in [-0.15, -0.1) is 0 Å². The van der Waals surface area contributed by atoms with Crippen molar-refractivity contribution in [3.05, 3.63) is 69.7 Å². The van der Waals surface area contributed by atoms with Crippen LogP contribution in [0.5, 0.6) is 0 Å². The average Bonchev–Trinajstić information content (AvgIpc) is 2.73. The van der Waals surface area contributed by atoms with Crippen molar-refractivity contribution in [3.63, 3.8) is 0 Å². The second kappa shape index (κ2) is 5.35. The van der Waals surface area contributed by atoms with Crippen LogP contribution in [0, 0.1) is 0 Å². The number of halogens is 2. The molecule has 0 bridgehead atoms. The first-order valence-corrected chi connectivity index (χ1v) is 6.93. The summed E-state index contributed by atoms with van der Waals surface area (Å²) in [5.74, 6) is -0.866. The van der Waals surface area contributed by atoms with Crippen LogP contribution in [0.2, 0.25) is 10.0 Å².